The second-order valence-electron chi connectivity index (χ2n) is 6.32. The van der Waals surface area contributed by atoms with Gasteiger partial charge in [0.1, 0.15) is 5.82 Å². The van der Waals surface area contributed by atoms with Crippen LogP contribution in [0.1, 0.15) is 28.8 Å². The minimum Gasteiger partial charge on any atom is -0.404 e. The number of anilines is 1. The lowest BCUT2D eigenvalue weighted by atomic mass is 10.0. The molecule has 0 atom stereocenters. The smallest absolute Gasteiger partial charge is 0.404 e. The van der Waals surface area contributed by atoms with Crippen molar-refractivity contribution >= 4 is 27.5 Å². The van der Waals surface area contributed by atoms with Crippen LogP contribution < -0.4 is 14.8 Å². The molecule has 2 aromatic carbocycles. The zero-order valence-electron chi connectivity index (χ0n) is 15.0. The fourth-order valence-electron chi connectivity index (χ4n) is 2.90. The molecule has 0 spiro atoms. The number of hydrogen-bond donors (Lipinski definition) is 2. The summed E-state index contributed by atoms with van der Waals surface area (Å²) in [4.78, 5) is 22.5. The van der Waals surface area contributed by atoms with Gasteiger partial charge in [-0.25, -0.2) is 17.5 Å². The molecule has 0 aliphatic carbocycles. The molecule has 1 aliphatic heterocycles. The van der Waals surface area contributed by atoms with E-state index in [4.69, 9.17) is 0 Å². The van der Waals surface area contributed by atoms with Gasteiger partial charge in [0.25, 0.3) is 15.9 Å². The number of alkyl halides is 3. The number of benzene rings is 2. The number of nitrogens with one attached hydrogen (secondary N) is 2. The van der Waals surface area contributed by atoms with Crippen molar-refractivity contribution in [2.75, 3.05) is 5.32 Å². The van der Waals surface area contributed by atoms with Gasteiger partial charge in [0, 0.05) is 17.7 Å². The first-order valence-corrected chi connectivity index (χ1v) is 9.99. The van der Waals surface area contributed by atoms with E-state index >= 15 is 0 Å². The van der Waals surface area contributed by atoms with Crippen LogP contribution in [-0.4, -0.2) is 26.6 Å². The number of carbonyl (C=O) groups excluding carboxylic acids is 2. The summed E-state index contributed by atoms with van der Waals surface area (Å²) in [5, 5.41) is 2.64. The van der Waals surface area contributed by atoms with Crippen molar-refractivity contribution in [1.82, 2.24) is 4.72 Å². The molecule has 12 heteroatoms. The van der Waals surface area contributed by atoms with Crippen molar-refractivity contribution < 1.29 is 40.3 Å². The van der Waals surface area contributed by atoms with Gasteiger partial charge in [-0.15, -0.1) is 13.2 Å². The van der Waals surface area contributed by atoms with Gasteiger partial charge in [-0.3, -0.25) is 9.59 Å². The molecule has 0 aromatic heterocycles. The Morgan fingerprint density at radius 2 is 1.87 bits per heavy atom. The Bertz CT molecular complexity index is 1120. The Hall–Kier alpha value is -3.15. The number of rotatable bonds is 4. The minimum absolute atomic E-state index is 0.136. The van der Waals surface area contributed by atoms with Gasteiger partial charge in [0.2, 0.25) is 5.91 Å². The zero-order valence-corrected chi connectivity index (χ0v) is 15.9. The SMILES string of the molecule is O=C1CCCc2cc(C(=O)NS(=O)(=O)c3c(F)cccc3OC(F)(F)F)ccc2N1. The summed E-state index contributed by atoms with van der Waals surface area (Å²) in [6, 6.07) is 6.04. The Morgan fingerprint density at radius 1 is 1.13 bits per heavy atom. The maximum Gasteiger partial charge on any atom is 0.573 e. The second-order valence-corrected chi connectivity index (χ2v) is 7.94. The number of amides is 2. The lowest BCUT2D eigenvalue weighted by Gasteiger charge is -2.15. The molecule has 0 unspecified atom stereocenters. The highest BCUT2D eigenvalue weighted by molar-refractivity contribution is 7.90. The van der Waals surface area contributed by atoms with Crippen LogP contribution in [-0.2, 0) is 21.2 Å². The van der Waals surface area contributed by atoms with Crippen LogP contribution in [0.4, 0.5) is 23.2 Å². The number of aryl methyl sites for hydroxylation is 1. The molecular formula is C18H14F4N2O5S. The van der Waals surface area contributed by atoms with Gasteiger partial charge in [-0.2, -0.15) is 0 Å². The number of hydrogen-bond acceptors (Lipinski definition) is 5. The van der Waals surface area contributed by atoms with Crippen LogP contribution in [0, 0.1) is 5.82 Å². The molecular weight excluding hydrogens is 432 g/mol. The van der Waals surface area contributed by atoms with Crippen molar-refractivity contribution in [3.8, 4) is 5.75 Å². The van der Waals surface area contributed by atoms with Crippen LogP contribution in [0.5, 0.6) is 5.75 Å². The summed E-state index contributed by atoms with van der Waals surface area (Å²) in [6.07, 6.45) is -4.04. The van der Waals surface area contributed by atoms with Crippen molar-refractivity contribution in [2.24, 2.45) is 0 Å². The summed E-state index contributed by atoms with van der Waals surface area (Å²) in [5.41, 5.74) is 0.910. The summed E-state index contributed by atoms with van der Waals surface area (Å²) >= 11 is 0. The van der Waals surface area contributed by atoms with Crippen LogP contribution in [0.25, 0.3) is 0 Å². The van der Waals surface area contributed by atoms with Crippen LogP contribution in [0.15, 0.2) is 41.3 Å². The molecule has 2 amide bonds. The highest BCUT2D eigenvalue weighted by Gasteiger charge is 2.36. The maximum atomic E-state index is 14.1. The van der Waals surface area contributed by atoms with Gasteiger partial charge in [-0.05, 0) is 48.7 Å². The van der Waals surface area contributed by atoms with E-state index in [2.05, 4.69) is 10.1 Å². The number of carbonyl (C=O) groups is 2. The van der Waals surface area contributed by atoms with Crippen molar-refractivity contribution in [2.45, 2.75) is 30.5 Å². The van der Waals surface area contributed by atoms with Crippen LogP contribution >= 0.6 is 0 Å². The van der Waals surface area contributed by atoms with Crippen molar-refractivity contribution in [3.05, 3.63) is 53.3 Å². The molecule has 7 nitrogen and oxygen atoms in total. The Kier molecular flexibility index (Phi) is 5.70. The molecule has 0 saturated carbocycles. The average molecular weight is 446 g/mol. The summed E-state index contributed by atoms with van der Waals surface area (Å²) in [5.74, 6) is -4.23. The zero-order chi connectivity index (χ0) is 22.1. The molecule has 30 heavy (non-hydrogen) atoms. The molecule has 0 radical (unpaired) electrons. The van der Waals surface area contributed by atoms with E-state index in [1.54, 1.807) is 4.72 Å². The van der Waals surface area contributed by atoms with Gasteiger partial charge < -0.3 is 10.1 Å². The van der Waals surface area contributed by atoms with Gasteiger partial charge >= 0.3 is 6.36 Å². The van der Waals surface area contributed by atoms with E-state index in [0.29, 0.717) is 36.2 Å². The number of fused-ring (bicyclic) bond motifs is 1. The quantitative estimate of drug-likeness (QED) is 0.703. The van der Waals surface area contributed by atoms with Gasteiger partial charge in [0.15, 0.2) is 10.6 Å². The Morgan fingerprint density at radius 3 is 2.57 bits per heavy atom. The third-order valence-electron chi connectivity index (χ3n) is 4.14. The molecule has 0 fully saturated rings. The third kappa shape index (κ3) is 4.87. The van der Waals surface area contributed by atoms with Crippen molar-refractivity contribution in [3.63, 3.8) is 0 Å². The Balaban J connectivity index is 1.91. The van der Waals surface area contributed by atoms with Crippen LogP contribution in [0.3, 0.4) is 0 Å². The lowest BCUT2D eigenvalue weighted by molar-refractivity contribution is -0.275. The van der Waals surface area contributed by atoms with E-state index in [1.807, 2.05) is 0 Å². The highest BCUT2D eigenvalue weighted by atomic mass is 32.2. The fourth-order valence-corrected chi connectivity index (χ4v) is 4.07. The first kappa shape index (κ1) is 21.6. The average Bonchev–Trinajstić information content (AvgIpc) is 2.79. The molecule has 2 N–H and O–H groups in total. The highest BCUT2D eigenvalue weighted by Crippen LogP contribution is 2.31. The second kappa shape index (κ2) is 7.94. The maximum absolute atomic E-state index is 14.1. The molecule has 3 rings (SSSR count). The monoisotopic (exact) mass is 446 g/mol. The molecule has 1 heterocycles. The predicted molar refractivity (Wildman–Crippen MR) is 95.7 cm³/mol. The molecule has 2 aromatic rings. The van der Waals surface area contributed by atoms with Crippen LogP contribution in [0.2, 0.25) is 0 Å². The van der Waals surface area contributed by atoms with Gasteiger partial charge in [-0.1, -0.05) is 6.07 Å². The van der Waals surface area contributed by atoms with E-state index in [-0.39, 0.29) is 17.9 Å². The van der Waals surface area contributed by atoms with Crippen molar-refractivity contribution in [1.29, 1.82) is 0 Å². The summed E-state index contributed by atoms with van der Waals surface area (Å²) in [7, 11) is -5.05. The minimum atomic E-state index is -5.27. The molecule has 160 valence electrons. The standard InChI is InChI=1S/C18H14F4N2O5S/c19-12-4-2-5-14(29-18(20,21)22)16(12)30(27,28)24-17(26)11-7-8-13-10(9-11)3-1-6-15(25)23-13/h2,4-5,7-9H,1,3,6H2,(H,23,25)(H,24,26). The Labute approximate surface area is 168 Å². The fraction of sp³-hybridized carbons (Fsp3) is 0.222. The molecule has 0 saturated heterocycles. The van der Waals surface area contributed by atoms with E-state index in [1.165, 1.54) is 18.2 Å². The normalized spacial score (nSPS) is 14.3. The first-order valence-electron chi connectivity index (χ1n) is 8.50. The number of halogens is 4. The summed E-state index contributed by atoms with van der Waals surface area (Å²) in [6.45, 7) is 0. The van der Waals surface area contributed by atoms with E-state index in [9.17, 15) is 35.6 Å². The summed E-state index contributed by atoms with van der Waals surface area (Å²) < 4.78 is 81.7. The third-order valence-corrected chi connectivity index (χ3v) is 5.53. The van der Waals surface area contributed by atoms with E-state index < -0.39 is 38.8 Å². The molecule has 0 bridgehead atoms. The first-order chi connectivity index (χ1) is 14.0. The number of ether oxygens (including phenoxy) is 1. The predicted octanol–water partition coefficient (Wildman–Crippen LogP) is 3.12. The molecule has 1 aliphatic rings. The topological polar surface area (TPSA) is 102 Å². The van der Waals surface area contributed by atoms with Gasteiger partial charge in [0.05, 0.1) is 0 Å². The van der Waals surface area contributed by atoms with E-state index in [0.717, 1.165) is 6.07 Å². The lowest BCUT2D eigenvalue weighted by Crippen LogP contribution is -2.32. The largest absolute Gasteiger partial charge is 0.573 e. The number of sulfonamides is 1.